The third-order valence-electron chi connectivity index (χ3n) is 8.29. The van der Waals surface area contributed by atoms with Crippen LogP contribution in [0.25, 0.3) is 22.3 Å². The van der Waals surface area contributed by atoms with Gasteiger partial charge in [-0.2, -0.15) is 39.5 Å². The van der Waals surface area contributed by atoms with Gasteiger partial charge in [0.15, 0.2) is 0 Å². The average Bonchev–Trinajstić information content (AvgIpc) is 3.31. The molecule has 0 spiro atoms. The van der Waals surface area contributed by atoms with Gasteiger partial charge < -0.3 is 9.47 Å². The highest BCUT2D eigenvalue weighted by Crippen LogP contribution is 2.45. The van der Waals surface area contributed by atoms with Crippen LogP contribution in [0.1, 0.15) is 56.8 Å². The molecule has 1 unspecified atom stereocenters. The Kier molecular flexibility index (Phi) is 9.65. The fourth-order valence-corrected chi connectivity index (χ4v) is 6.01. The van der Waals surface area contributed by atoms with E-state index in [1.807, 2.05) is 0 Å². The molecule has 15 heteroatoms. The number of halogens is 10. The summed E-state index contributed by atoms with van der Waals surface area (Å²) in [6.45, 7) is 2.31. The molecule has 0 aromatic heterocycles. The summed E-state index contributed by atoms with van der Waals surface area (Å²) < 4.78 is 133. The van der Waals surface area contributed by atoms with Crippen LogP contribution >= 0.6 is 11.6 Å². The standard InChI is InChI=1S/C35H25ClF9NO4/c1-17-10-21(31(47)49-3)4-7-25(17)20-5-9-29(36)27(13-20)26-8-6-22(33(37,38)39)15-28(26)30-18(2)46(32(48)50-30)16-19-11-23(34(40,41)42)14-24(12-19)35(43,44)45/h4-15,18,30H,16H2,1-3H3/t18-,30?/m1/s1. The Labute approximate surface area is 284 Å². The summed E-state index contributed by atoms with van der Waals surface area (Å²) in [6, 6.07) is 11.9. The summed E-state index contributed by atoms with van der Waals surface area (Å²) in [5.74, 6) is -0.561. The van der Waals surface area contributed by atoms with E-state index in [1.165, 1.54) is 26.2 Å². The van der Waals surface area contributed by atoms with Gasteiger partial charge in [0.25, 0.3) is 0 Å². The van der Waals surface area contributed by atoms with Crippen molar-refractivity contribution in [2.24, 2.45) is 0 Å². The molecule has 5 nitrogen and oxygen atoms in total. The minimum atomic E-state index is -5.14. The van der Waals surface area contributed by atoms with Crippen molar-refractivity contribution in [3.05, 3.63) is 117 Å². The van der Waals surface area contributed by atoms with Crippen molar-refractivity contribution in [2.45, 2.75) is 51.1 Å². The number of amides is 1. The van der Waals surface area contributed by atoms with E-state index in [-0.39, 0.29) is 33.3 Å². The molecule has 0 radical (unpaired) electrons. The molecule has 1 fully saturated rings. The van der Waals surface area contributed by atoms with E-state index in [0.717, 1.165) is 23.1 Å². The second-order valence-corrected chi connectivity index (χ2v) is 12.0. The van der Waals surface area contributed by atoms with E-state index in [0.29, 0.717) is 28.8 Å². The van der Waals surface area contributed by atoms with Gasteiger partial charge >= 0.3 is 30.6 Å². The predicted molar refractivity (Wildman–Crippen MR) is 164 cm³/mol. The zero-order valence-corrected chi connectivity index (χ0v) is 26.9. The van der Waals surface area contributed by atoms with Crippen LogP contribution in [0.4, 0.5) is 44.3 Å². The van der Waals surface area contributed by atoms with Crippen molar-refractivity contribution in [3.8, 4) is 22.3 Å². The quantitative estimate of drug-likeness (QED) is 0.146. The maximum atomic E-state index is 14.0. The van der Waals surface area contributed by atoms with E-state index >= 15 is 0 Å². The molecule has 1 aliphatic heterocycles. The summed E-state index contributed by atoms with van der Waals surface area (Å²) in [5, 5.41) is 0.107. The van der Waals surface area contributed by atoms with Gasteiger partial charge in [-0.1, -0.05) is 29.8 Å². The molecule has 0 saturated carbocycles. The highest BCUT2D eigenvalue weighted by Gasteiger charge is 2.43. The van der Waals surface area contributed by atoms with Crippen LogP contribution in [0.5, 0.6) is 0 Å². The predicted octanol–water partition coefficient (Wildman–Crippen LogP) is 10.9. The summed E-state index contributed by atoms with van der Waals surface area (Å²) >= 11 is 6.57. The van der Waals surface area contributed by atoms with Crippen LogP contribution in [-0.4, -0.2) is 30.1 Å². The van der Waals surface area contributed by atoms with Gasteiger partial charge in [0.2, 0.25) is 0 Å². The lowest BCUT2D eigenvalue weighted by Crippen LogP contribution is -2.31. The third kappa shape index (κ3) is 7.40. The first-order chi connectivity index (χ1) is 23.2. The van der Waals surface area contributed by atoms with Crippen molar-refractivity contribution in [3.63, 3.8) is 0 Å². The van der Waals surface area contributed by atoms with Crippen LogP contribution < -0.4 is 0 Å². The van der Waals surface area contributed by atoms with Gasteiger partial charge in [-0.15, -0.1) is 0 Å². The van der Waals surface area contributed by atoms with Gasteiger partial charge in [-0.05, 0) is 96.3 Å². The zero-order chi connectivity index (χ0) is 36.9. The highest BCUT2D eigenvalue weighted by molar-refractivity contribution is 6.33. The SMILES string of the molecule is COC(=O)c1ccc(-c2ccc(Cl)c(-c3ccc(C(F)(F)F)cc3C3OC(=O)N(Cc4cc(C(F)(F)F)cc(C(F)(F)F)c4)[C@@H]3C)c2)c(C)c1. The number of aryl methyl sites for hydroxylation is 1. The van der Waals surface area contributed by atoms with Crippen molar-refractivity contribution in [2.75, 3.05) is 7.11 Å². The fourth-order valence-electron chi connectivity index (χ4n) is 5.80. The minimum Gasteiger partial charge on any atom is -0.465 e. The summed E-state index contributed by atoms with van der Waals surface area (Å²) in [5.41, 5.74) is -2.45. The fraction of sp³-hybridized carbons (Fsp3) is 0.257. The van der Waals surface area contributed by atoms with E-state index in [4.69, 9.17) is 21.1 Å². The Balaban J connectivity index is 1.58. The van der Waals surface area contributed by atoms with Gasteiger partial charge in [0.05, 0.1) is 35.4 Å². The number of esters is 1. The Morgan fingerprint density at radius 2 is 1.38 bits per heavy atom. The molecule has 1 amide bonds. The van der Waals surface area contributed by atoms with Gasteiger partial charge in [0, 0.05) is 22.7 Å². The number of carbonyl (C=O) groups excluding carboxylic acids is 2. The first-order valence-corrected chi connectivity index (χ1v) is 15.0. The molecule has 1 aliphatic rings. The smallest absolute Gasteiger partial charge is 0.416 e. The van der Waals surface area contributed by atoms with Gasteiger partial charge in [-0.3, -0.25) is 4.90 Å². The number of benzene rings is 4. The molecular formula is C35H25ClF9NO4. The van der Waals surface area contributed by atoms with Crippen molar-refractivity contribution < 1.29 is 58.6 Å². The van der Waals surface area contributed by atoms with Crippen LogP contribution in [0.15, 0.2) is 72.8 Å². The lowest BCUT2D eigenvalue weighted by Gasteiger charge is -2.24. The number of alkyl halides is 9. The Morgan fingerprint density at radius 1 is 0.780 bits per heavy atom. The Morgan fingerprint density at radius 3 is 1.94 bits per heavy atom. The number of ether oxygens (including phenoxy) is 2. The molecule has 1 heterocycles. The van der Waals surface area contributed by atoms with Crippen molar-refractivity contribution in [1.29, 1.82) is 0 Å². The van der Waals surface area contributed by atoms with Crippen LogP contribution in [0.3, 0.4) is 0 Å². The average molecular weight is 730 g/mol. The number of nitrogens with zero attached hydrogens (tertiary/aromatic N) is 1. The molecule has 0 aliphatic carbocycles. The number of hydrogen-bond donors (Lipinski definition) is 0. The molecule has 264 valence electrons. The molecule has 0 bridgehead atoms. The highest BCUT2D eigenvalue weighted by atomic mass is 35.5. The van der Waals surface area contributed by atoms with Crippen molar-refractivity contribution >= 4 is 23.7 Å². The van der Waals surface area contributed by atoms with E-state index in [9.17, 15) is 49.1 Å². The first kappa shape index (κ1) is 36.6. The van der Waals surface area contributed by atoms with E-state index < -0.39 is 71.5 Å². The van der Waals surface area contributed by atoms with E-state index in [1.54, 1.807) is 31.2 Å². The zero-order valence-electron chi connectivity index (χ0n) is 26.1. The summed E-state index contributed by atoms with van der Waals surface area (Å²) in [4.78, 5) is 25.9. The van der Waals surface area contributed by atoms with Crippen LogP contribution in [0, 0.1) is 6.92 Å². The van der Waals surface area contributed by atoms with Gasteiger partial charge in [-0.25, -0.2) is 9.59 Å². The lowest BCUT2D eigenvalue weighted by molar-refractivity contribution is -0.143. The Hall–Kier alpha value is -4.72. The molecule has 2 atom stereocenters. The van der Waals surface area contributed by atoms with E-state index in [2.05, 4.69) is 0 Å². The normalized spacial score (nSPS) is 16.8. The third-order valence-corrected chi connectivity index (χ3v) is 8.62. The largest absolute Gasteiger partial charge is 0.465 e. The number of carbonyl (C=O) groups is 2. The van der Waals surface area contributed by atoms with Gasteiger partial charge in [0.1, 0.15) is 6.10 Å². The molecule has 50 heavy (non-hydrogen) atoms. The molecule has 4 aromatic carbocycles. The first-order valence-electron chi connectivity index (χ1n) is 14.6. The van der Waals surface area contributed by atoms with Crippen LogP contribution in [-0.2, 0) is 34.5 Å². The number of methoxy groups -OCH3 is 1. The summed E-state index contributed by atoms with van der Waals surface area (Å²) in [6.07, 6.45) is -17.7. The number of hydrogen-bond acceptors (Lipinski definition) is 4. The summed E-state index contributed by atoms with van der Waals surface area (Å²) in [7, 11) is 1.23. The number of rotatable bonds is 6. The molecule has 5 rings (SSSR count). The molecule has 1 saturated heterocycles. The number of cyclic esters (lactones) is 1. The minimum absolute atomic E-state index is 0.0558. The molecule has 4 aromatic rings. The lowest BCUT2D eigenvalue weighted by atomic mass is 9.89. The maximum Gasteiger partial charge on any atom is 0.416 e. The second-order valence-electron chi connectivity index (χ2n) is 11.6. The second kappa shape index (κ2) is 13.2. The van der Waals surface area contributed by atoms with Crippen LogP contribution in [0.2, 0.25) is 5.02 Å². The molecular weight excluding hydrogens is 705 g/mol. The van der Waals surface area contributed by atoms with Crippen molar-refractivity contribution in [1.82, 2.24) is 4.90 Å². The topological polar surface area (TPSA) is 55.8 Å². The maximum absolute atomic E-state index is 14.0. The Bertz CT molecular complexity index is 1940. The monoisotopic (exact) mass is 729 g/mol. The molecule has 0 N–H and O–H groups in total.